The number of benzene rings is 1. The van der Waals surface area contributed by atoms with Crippen molar-refractivity contribution < 1.29 is 0 Å². The number of aromatic amines is 1. The number of nitrogens with one attached hydrogen (secondary N) is 1. The van der Waals surface area contributed by atoms with E-state index in [9.17, 15) is 4.79 Å². The molecular formula is C15H14BrN3O. The zero-order valence-corrected chi connectivity index (χ0v) is 13.1. The number of rotatable bonds is 1. The fourth-order valence-electron chi connectivity index (χ4n) is 2.34. The minimum absolute atomic E-state index is 0.0426. The molecular weight excluding hydrogens is 318 g/mol. The second-order valence-corrected chi connectivity index (χ2v) is 5.82. The van der Waals surface area contributed by atoms with Gasteiger partial charge in [0.05, 0.1) is 0 Å². The zero-order valence-electron chi connectivity index (χ0n) is 11.5. The van der Waals surface area contributed by atoms with Crippen LogP contribution >= 0.6 is 15.9 Å². The smallest absolute Gasteiger partial charge is 0.275 e. The first-order valence-electron chi connectivity index (χ1n) is 6.33. The molecule has 0 aliphatic carbocycles. The predicted molar refractivity (Wildman–Crippen MR) is 83.2 cm³/mol. The number of H-pyrrole nitrogens is 1. The van der Waals surface area contributed by atoms with Gasteiger partial charge in [-0.05, 0) is 38.5 Å². The summed E-state index contributed by atoms with van der Waals surface area (Å²) in [4.78, 5) is 16.9. The summed E-state index contributed by atoms with van der Waals surface area (Å²) < 4.78 is 2.55. The number of hydrogen-bond acceptors (Lipinski definition) is 2. The van der Waals surface area contributed by atoms with Crippen LogP contribution in [0.25, 0.3) is 16.8 Å². The molecule has 2 heterocycles. The van der Waals surface area contributed by atoms with Gasteiger partial charge in [0.2, 0.25) is 0 Å². The van der Waals surface area contributed by atoms with Gasteiger partial charge in [-0.25, -0.2) is 9.50 Å². The van der Waals surface area contributed by atoms with Crippen molar-refractivity contribution in [2.75, 3.05) is 0 Å². The predicted octanol–water partition coefficient (Wildman–Crippen LogP) is 3.38. The van der Waals surface area contributed by atoms with Gasteiger partial charge in [-0.3, -0.25) is 9.89 Å². The number of halogens is 1. The Morgan fingerprint density at radius 3 is 2.45 bits per heavy atom. The van der Waals surface area contributed by atoms with Gasteiger partial charge >= 0.3 is 0 Å². The molecule has 0 saturated carbocycles. The lowest BCUT2D eigenvalue weighted by atomic mass is 10.1. The minimum Gasteiger partial charge on any atom is -0.293 e. The molecule has 0 radical (unpaired) electrons. The molecule has 1 aromatic carbocycles. The van der Waals surface area contributed by atoms with Gasteiger partial charge in [-0.15, -0.1) is 0 Å². The average molecular weight is 332 g/mol. The summed E-state index contributed by atoms with van der Waals surface area (Å²) >= 11 is 3.43. The highest BCUT2D eigenvalue weighted by molar-refractivity contribution is 9.10. The quantitative estimate of drug-likeness (QED) is 0.743. The van der Waals surface area contributed by atoms with E-state index in [2.05, 4.69) is 26.0 Å². The lowest BCUT2D eigenvalue weighted by Crippen LogP contribution is -2.19. The van der Waals surface area contributed by atoms with Crippen molar-refractivity contribution in [3.8, 4) is 11.1 Å². The van der Waals surface area contributed by atoms with Crippen LogP contribution in [0.4, 0.5) is 0 Å². The molecule has 0 saturated heterocycles. The highest BCUT2D eigenvalue weighted by Gasteiger charge is 2.15. The van der Waals surface area contributed by atoms with Crippen LogP contribution in [0.3, 0.4) is 0 Å². The Morgan fingerprint density at radius 2 is 1.80 bits per heavy atom. The van der Waals surface area contributed by atoms with E-state index in [0.29, 0.717) is 11.2 Å². The molecule has 0 spiro atoms. The van der Waals surface area contributed by atoms with Crippen molar-refractivity contribution in [1.82, 2.24) is 14.6 Å². The van der Waals surface area contributed by atoms with Gasteiger partial charge in [-0.2, -0.15) is 0 Å². The first-order chi connectivity index (χ1) is 9.49. The van der Waals surface area contributed by atoms with E-state index in [0.717, 1.165) is 27.0 Å². The lowest BCUT2D eigenvalue weighted by molar-refractivity contribution is 0.859. The van der Waals surface area contributed by atoms with Crippen LogP contribution in [0.15, 0.2) is 33.5 Å². The third-order valence-corrected chi connectivity index (χ3v) is 4.09. The highest BCUT2D eigenvalue weighted by Crippen LogP contribution is 2.27. The summed E-state index contributed by atoms with van der Waals surface area (Å²) in [6.45, 7) is 5.62. The van der Waals surface area contributed by atoms with E-state index >= 15 is 0 Å². The van der Waals surface area contributed by atoms with Crippen LogP contribution in [0.1, 0.15) is 17.0 Å². The van der Waals surface area contributed by atoms with Gasteiger partial charge < -0.3 is 0 Å². The van der Waals surface area contributed by atoms with E-state index < -0.39 is 0 Å². The molecule has 102 valence electrons. The van der Waals surface area contributed by atoms with Crippen molar-refractivity contribution in [3.63, 3.8) is 0 Å². The molecule has 20 heavy (non-hydrogen) atoms. The molecule has 0 unspecified atom stereocenters. The molecule has 4 nitrogen and oxygen atoms in total. The molecule has 0 fully saturated rings. The van der Waals surface area contributed by atoms with Crippen molar-refractivity contribution in [2.45, 2.75) is 20.8 Å². The summed E-state index contributed by atoms with van der Waals surface area (Å²) in [7, 11) is 0. The van der Waals surface area contributed by atoms with Crippen LogP contribution in [0.2, 0.25) is 0 Å². The van der Waals surface area contributed by atoms with E-state index in [4.69, 9.17) is 0 Å². The molecule has 0 atom stereocenters. The fourth-order valence-corrected chi connectivity index (χ4v) is 2.60. The minimum atomic E-state index is -0.0426. The molecule has 3 rings (SSSR count). The molecule has 0 bridgehead atoms. The maximum atomic E-state index is 12.3. The van der Waals surface area contributed by atoms with Gasteiger partial charge in [0.25, 0.3) is 5.56 Å². The largest absolute Gasteiger partial charge is 0.293 e. The van der Waals surface area contributed by atoms with Crippen LogP contribution in [0.5, 0.6) is 0 Å². The zero-order chi connectivity index (χ0) is 14.4. The van der Waals surface area contributed by atoms with Crippen LogP contribution in [0, 0.1) is 20.8 Å². The summed E-state index contributed by atoms with van der Waals surface area (Å²) in [5.74, 6) is 0. The normalized spacial score (nSPS) is 11.2. The monoisotopic (exact) mass is 331 g/mol. The molecule has 5 heteroatoms. The van der Waals surface area contributed by atoms with Crippen molar-refractivity contribution in [1.29, 1.82) is 0 Å². The number of aromatic nitrogens is 3. The number of nitrogens with zero attached hydrogens (tertiary/aromatic N) is 2. The maximum Gasteiger partial charge on any atom is 0.275 e. The number of aryl methyl sites for hydroxylation is 2. The Bertz CT molecular complexity index is 859. The van der Waals surface area contributed by atoms with Crippen LogP contribution in [-0.2, 0) is 0 Å². The Hall–Kier alpha value is -1.88. The maximum absolute atomic E-state index is 12.3. The standard InChI is InChI=1S/C15H14BrN3O/c1-8-9(2)17-14-13(10(3)18-19(14)15(8)20)11-4-6-12(16)7-5-11/h4-7,18H,1-3H3. The SMILES string of the molecule is Cc1nc2c(-c3ccc(Br)cc3)c(C)[nH]n2c(=O)c1C. The Kier molecular flexibility index (Phi) is 3.01. The van der Waals surface area contributed by atoms with Crippen molar-refractivity contribution in [2.24, 2.45) is 0 Å². The first-order valence-corrected chi connectivity index (χ1v) is 7.13. The Labute approximate surface area is 124 Å². The molecule has 0 amide bonds. The summed E-state index contributed by atoms with van der Waals surface area (Å²) in [5.41, 5.74) is 5.02. The van der Waals surface area contributed by atoms with E-state index in [1.165, 1.54) is 4.52 Å². The van der Waals surface area contributed by atoms with Gasteiger partial charge in [-0.1, -0.05) is 28.1 Å². The van der Waals surface area contributed by atoms with Gasteiger partial charge in [0.1, 0.15) is 0 Å². The van der Waals surface area contributed by atoms with Crippen LogP contribution in [-0.4, -0.2) is 14.6 Å². The number of fused-ring (bicyclic) bond motifs is 1. The van der Waals surface area contributed by atoms with Crippen molar-refractivity contribution >= 4 is 21.6 Å². The third-order valence-electron chi connectivity index (χ3n) is 3.56. The van der Waals surface area contributed by atoms with E-state index in [1.54, 1.807) is 6.92 Å². The fraction of sp³-hybridized carbons (Fsp3) is 0.200. The molecule has 3 aromatic rings. The summed E-state index contributed by atoms with van der Waals surface area (Å²) in [6, 6.07) is 8.00. The van der Waals surface area contributed by atoms with Crippen molar-refractivity contribution in [3.05, 3.63) is 56.0 Å². The lowest BCUT2D eigenvalue weighted by Gasteiger charge is -2.03. The van der Waals surface area contributed by atoms with Crippen LogP contribution < -0.4 is 5.56 Å². The molecule has 0 aliphatic rings. The first kappa shape index (κ1) is 13.1. The topological polar surface area (TPSA) is 50.2 Å². The highest BCUT2D eigenvalue weighted by atomic mass is 79.9. The Morgan fingerprint density at radius 1 is 1.15 bits per heavy atom. The average Bonchev–Trinajstić information content (AvgIpc) is 2.74. The molecule has 0 aliphatic heterocycles. The second kappa shape index (κ2) is 4.59. The van der Waals surface area contributed by atoms with Gasteiger partial charge in [0, 0.05) is 27.0 Å². The third kappa shape index (κ3) is 1.89. The second-order valence-electron chi connectivity index (χ2n) is 4.91. The molecule has 2 aromatic heterocycles. The van der Waals surface area contributed by atoms with Gasteiger partial charge in [0.15, 0.2) is 5.65 Å². The molecule has 1 N–H and O–H groups in total. The van der Waals surface area contributed by atoms with E-state index in [-0.39, 0.29) is 5.56 Å². The number of hydrogen-bond donors (Lipinski definition) is 1. The summed E-state index contributed by atoms with van der Waals surface area (Å²) in [5, 5.41) is 3.11. The summed E-state index contributed by atoms with van der Waals surface area (Å²) in [6.07, 6.45) is 0. The Balaban J connectivity index is 2.39. The van der Waals surface area contributed by atoms with E-state index in [1.807, 2.05) is 38.1 Å².